The van der Waals surface area contributed by atoms with E-state index in [-0.39, 0.29) is 11.0 Å². The van der Waals surface area contributed by atoms with Crippen LogP contribution in [-0.4, -0.2) is 15.8 Å². The molecule has 1 atom stereocenters. The minimum absolute atomic E-state index is 0. The molecule has 0 spiro atoms. The lowest BCUT2D eigenvalue weighted by molar-refractivity contribution is 0.600. The highest BCUT2D eigenvalue weighted by atomic mass is 35.5. The molecule has 1 aliphatic carbocycles. The van der Waals surface area contributed by atoms with Crippen LogP contribution >= 0.6 is 34.8 Å². The molecule has 11 heavy (non-hydrogen) atoms. The summed E-state index contributed by atoms with van der Waals surface area (Å²) < 4.78 is 0. The van der Waals surface area contributed by atoms with E-state index in [9.17, 15) is 0 Å². The summed E-state index contributed by atoms with van der Waals surface area (Å²) >= 11 is 17.7. The molecule has 1 aliphatic rings. The Kier molecular flexibility index (Phi) is 4.49. The minimum Gasteiger partial charge on any atom is -0.113 e. The maximum absolute atomic E-state index is 6.04. The molecule has 0 nitrogen and oxygen atoms in total. The van der Waals surface area contributed by atoms with Crippen molar-refractivity contribution in [2.24, 2.45) is 0 Å². The summed E-state index contributed by atoms with van der Waals surface area (Å²) in [7, 11) is 0. The van der Waals surface area contributed by atoms with Crippen LogP contribution in [0.5, 0.6) is 0 Å². The molecule has 0 saturated heterocycles. The molecule has 0 heterocycles. The van der Waals surface area contributed by atoms with Crippen LogP contribution in [0, 0.1) is 0 Å². The fraction of sp³-hybridized carbons (Fsp3) is 0.714. The third kappa shape index (κ3) is 2.65. The van der Waals surface area contributed by atoms with Gasteiger partial charge >= 0.3 is 0 Å². The van der Waals surface area contributed by atoms with Crippen LogP contribution in [0.4, 0.5) is 0 Å². The van der Waals surface area contributed by atoms with Gasteiger partial charge in [-0.2, -0.15) is 0 Å². The molecule has 0 saturated carbocycles. The number of hydrogen-bond donors (Lipinski definition) is 0. The highest BCUT2D eigenvalue weighted by Gasteiger charge is 2.30. The summed E-state index contributed by atoms with van der Waals surface area (Å²) in [6, 6.07) is 0. The van der Waals surface area contributed by atoms with Gasteiger partial charge in [-0.15, -0.1) is 11.6 Å². The maximum atomic E-state index is 6.04. The highest BCUT2D eigenvalue weighted by molar-refractivity contribution is 6.44. The zero-order valence-electron chi connectivity index (χ0n) is 5.76. The van der Waals surface area contributed by atoms with Gasteiger partial charge in [0.2, 0.25) is 0 Å². The molecule has 66 valence electrons. The third-order valence-corrected chi connectivity index (χ3v) is 3.33. The molecule has 1 rings (SSSR count). The third-order valence-electron chi connectivity index (χ3n) is 1.74. The number of rotatable bonds is 0. The van der Waals surface area contributed by atoms with Crippen molar-refractivity contribution in [1.29, 1.82) is 0 Å². The zero-order chi connectivity index (χ0) is 7.78. The molecule has 0 amide bonds. The molecule has 0 fully saturated rings. The standard InChI is InChI=1S/C7H9Cl3.H4Si/c1-7(10)4-2-3-5(8)6(7)9;/h2-4H2,1H3;1H4. The monoisotopic (exact) mass is 230 g/mol. The van der Waals surface area contributed by atoms with Gasteiger partial charge < -0.3 is 0 Å². The van der Waals surface area contributed by atoms with Crippen LogP contribution in [0.2, 0.25) is 0 Å². The van der Waals surface area contributed by atoms with Gasteiger partial charge in [0.1, 0.15) is 0 Å². The smallest absolute Gasteiger partial charge is 0.0784 e. The molecule has 4 heteroatoms. The van der Waals surface area contributed by atoms with E-state index in [0.29, 0.717) is 5.03 Å². The van der Waals surface area contributed by atoms with E-state index in [1.807, 2.05) is 6.92 Å². The summed E-state index contributed by atoms with van der Waals surface area (Å²) in [6.45, 7) is 1.90. The Morgan fingerprint density at radius 1 is 1.36 bits per heavy atom. The first-order valence-electron chi connectivity index (χ1n) is 3.27. The van der Waals surface area contributed by atoms with Gasteiger partial charge in [-0.05, 0) is 37.2 Å². The summed E-state index contributed by atoms with van der Waals surface area (Å²) in [4.78, 5) is -0.406. The first-order valence-corrected chi connectivity index (χ1v) is 4.41. The Balaban J connectivity index is 0.000001000. The first kappa shape index (κ1) is 11.8. The molecule has 0 aromatic carbocycles. The molecular formula is C7H13Cl3Si. The van der Waals surface area contributed by atoms with Crippen LogP contribution in [0.25, 0.3) is 0 Å². The maximum Gasteiger partial charge on any atom is 0.0784 e. The van der Waals surface area contributed by atoms with Gasteiger partial charge in [-0.1, -0.05) is 23.2 Å². The van der Waals surface area contributed by atoms with Crippen LogP contribution in [0.3, 0.4) is 0 Å². The van der Waals surface area contributed by atoms with Gasteiger partial charge in [-0.25, -0.2) is 0 Å². The predicted octanol–water partition coefficient (Wildman–Crippen LogP) is 2.41. The normalized spacial score (nSPS) is 31.6. The van der Waals surface area contributed by atoms with Crippen molar-refractivity contribution in [3.63, 3.8) is 0 Å². The molecule has 0 radical (unpaired) electrons. The Morgan fingerprint density at radius 2 is 1.91 bits per heavy atom. The molecule has 0 bridgehead atoms. The lowest BCUT2D eigenvalue weighted by Gasteiger charge is -2.26. The van der Waals surface area contributed by atoms with Gasteiger partial charge in [0.15, 0.2) is 0 Å². The minimum atomic E-state index is -0.406. The summed E-state index contributed by atoms with van der Waals surface area (Å²) in [5.41, 5.74) is 0. The second-order valence-electron chi connectivity index (χ2n) is 2.77. The van der Waals surface area contributed by atoms with E-state index >= 15 is 0 Å². The first-order chi connectivity index (χ1) is 4.54. The molecule has 0 aromatic heterocycles. The van der Waals surface area contributed by atoms with E-state index in [2.05, 4.69) is 0 Å². The van der Waals surface area contributed by atoms with E-state index in [1.165, 1.54) is 0 Å². The van der Waals surface area contributed by atoms with Crippen LogP contribution in [0.15, 0.2) is 10.1 Å². The predicted molar refractivity (Wildman–Crippen MR) is 58.2 cm³/mol. The number of hydrogen-bond acceptors (Lipinski definition) is 0. The van der Waals surface area contributed by atoms with Crippen LogP contribution < -0.4 is 0 Å². The van der Waals surface area contributed by atoms with Gasteiger partial charge in [0.25, 0.3) is 0 Å². The van der Waals surface area contributed by atoms with E-state index in [1.54, 1.807) is 0 Å². The van der Waals surface area contributed by atoms with Crippen LogP contribution in [-0.2, 0) is 0 Å². The Hall–Kier alpha value is 0.827. The quantitative estimate of drug-likeness (QED) is 0.444. The summed E-state index contributed by atoms with van der Waals surface area (Å²) in [6.07, 6.45) is 2.83. The largest absolute Gasteiger partial charge is 0.113 e. The molecule has 0 aromatic rings. The molecule has 0 N–H and O–H groups in total. The van der Waals surface area contributed by atoms with Crippen molar-refractivity contribution < 1.29 is 0 Å². The lowest BCUT2D eigenvalue weighted by atomic mass is 9.96. The molecular weight excluding hydrogens is 219 g/mol. The van der Waals surface area contributed by atoms with E-state index in [4.69, 9.17) is 34.8 Å². The highest BCUT2D eigenvalue weighted by Crippen LogP contribution is 2.41. The van der Waals surface area contributed by atoms with Crippen molar-refractivity contribution >= 4 is 45.8 Å². The number of halogens is 3. The van der Waals surface area contributed by atoms with Crippen LogP contribution in [0.1, 0.15) is 26.2 Å². The zero-order valence-corrected chi connectivity index (χ0v) is 8.02. The number of allylic oxidation sites excluding steroid dienone is 2. The van der Waals surface area contributed by atoms with Crippen molar-refractivity contribution in [2.75, 3.05) is 0 Å². The van der Waals surface area contributed by atoms with E-state index in [0.717, 1.165) is 24.3 Å². The second-order valence-corrected chi connectivity index (χ2v) is 4.44. The van der Waals surface area contributed by atoms with Crippen molar-refractivity contribution in [3.8, 4) is 0 Å². The van der Waals surface area contributed by atoms with Crippen molar-refractivity contribution in [3.05, 3.63) is 10.1 Å². The van der Waals surface area contributed by atoms with Crippen molar-refractivity contribution in [1.82, 2.24) is 0 Å². The van der Waals surface area contributed by atoms with Gasteiger partial charge in [0.05, 0.1) is 9.91 Å². The fourth-order valence-electron chi connectivity index (χ4n) is 1.08. The fourth-order valence-corrected chi connectivity index (χ4v) is 1.91. The number of alkyl halides is 1. The SMILES string of the molecule is CC1(Cl)CCCC(Cl)=C1Cl.[SiH4]. The second kappa shape index (κ2) is 4.17. The molecule has 1 unspecified atom stereocenters. The lowest BCUT2D eigenvalue weighted by Crippen LogP contribution is -2.20. The van der Waals surface area contributed by atoms with Gasteiger partial charge in [-0.3, -0.25) is 0 Å². The van der Waals surface area contributed by atoms with Gasteiger partial charge in [0, 0.05) is 5.03 Å². The average Bonchev–Trinajstić information content (AvgIpc) is 1.83. The summed E-state index contributed by atoms with van der Waals surface area (Å²) in [5, 5.41) is 1.35. The van der Waals surface area contributed by atoms with E-state index < -0.39 is 4.87 Å². The Labute approximate surface area is 86.9 Å². The average molecular weight is 232 g/mol. The molecule has 0 aliphatic heterocycles. The topological polar surface area (TPSA) is 0 Å². The Bertz CT molecular complexity index is 175. The van der Waals surface area contributed by atoms with Crippen molar-refractivity contribution in [2.45, 2.75) is 31.1 Å². The summed E-state index contributed by atoms with van der Waals surface area (Å²) in [5.74, 6) is 0. The Morgan fingerprint density at radius 3 is 2.27 bits per heavy atom.